The first-order chi connectivity index (χ1) is 29.2. The molecule has 25 heteroatoms. The number of hydrogen-bond donors (Lipinski definition) is 11. The van der Waals surface area contributed by atoms with Gasteiger partial charge < -0.3 is 64.4 Å². The SMILES string of the molecule is CC[C@H](C)[C@@H]1NC(=O)[C@H](CO)NC(=O)CCSSC[C@@H](C(=O)N2CCC[C@H]2C(=O)N[C@@H](CC(C)C)C(=O)NCC(N)=O)NC(=O)[C@H](CC(N)=O)NC(=O)[C@H](CCC(N)=O)NC1=O. The molecule has 2 fully saturated rings. The van der Waals surface area contributed by atoms with E-state index in [9.17, 15) is 57.8 Å². The molecule has 0 aromatic carbocycles. The van der Waals surface area contributed by atoms with Gasteiger partial charge in [0, 0.05) is 30.9 Å². The van der Waals surface area contributed by atoms with E-state index in [4.69, 9.17) is 17.2 Å². The van der Waals surface area contributed by atoms with Gasteiger partial charge in [0.15, 0.2) is 0 Å². The molecule has 0 radical (unpaired) electrons. The monoisotopic (exact) mass is 915 g/mol. The molecular weight excluding hydrogens is 855 g/mol. The molecule has 348 valence electrons. The summed E-state index contributed by atoms with van der Waals surface area (Å²) in [4.78, 5) is 145. The van der Waals surface area contributed by atoms with Gasteiger partial charge in [0.2, 0.25) is 65.0 Å². The van der Waals surface area contributed by atoms with Crippen molar-refractivity contribution in [1.82, 2.24) is 42.1 Å². The maximum Gasteiger partial charge on any atom is 0.246 e. The fraction of sp³-hybridized carbons (Fsp3) is 0.703. The summed E-state index contributed by atoms with van der Waals surface area (Å²) < 4.78 is 0. The highest BCUT2D eigenvalue weighted by molar-refractivity contribution is 8.76. The molecule has 0 aromatic heterocycles. The fourth-order valence-electron chi connectivity index (χ4n) is 6.44. The number of rotatable bonds is 16. The van der Waals surface area contributed by atoms with Gasteiger partial charge in [0.1, 0.15) is 42.3 Å². The number of carbonyl (C=O) groups excluding carboxylic acids is 11. The first-order valence-corrected chi connectivity index (χ1v) is 22.8. The third-order valence-corrected chi connectivity index (χ3v) is 12.4. The first kappa shape index (κ1) is 53.0. The number of nitrogens with two attached hydrogens (primary N) is 3. The molecule has 8 atom stereocenters. The number of primary amides is 3. The second-order valence-corrected chi connectivity index (χ2v) is 18.1. The number of likely N-dealkylation sites (tertiary alicyclic amines) is 1. The molecular formula is C37H61N11O12S2. The standard InChI is InChI=1S/C37H61N11O12S2/c1-5-19(4)30-36(59)43-20(8-9-26(38)50)32(55)44-22(14-27(39)51)33(56)46-24(17-62-61-12-10-29(53)42-23(16-49)34(57)47-30)37(60)48-11-6-7-25(48)35(58)45-21(13-18(2)3)31(54)41-15-28(40)52/h18-25,30,49H,5-17H2,1-4H3,(H2,38,50)(H2,39,51)(H2,40,52)(H,41,54)(H,42,53)(H,43,59)(H,44,55)(H,45,58)(H,46,56)(H,47,57)/t19-,20-,21-,22-,23-,24-,25-,30-/m0/s1. The zero-order valence-electron chi connectivity index (χ0n) is 35.3. The van der Waals surface area contributed by atoms with E-state index in [0.717, 1.165) is 21.6 Å². The van der Waals surface area contributed by atoms with Crippen LogP contribution in [0.4, 0.5) is 0 Å². The molecule has 0 unspecified atom stereocenters. The summed E-state index contributed by atoms with van der Waals surface area (Å²) in [6.45, 7) is 5.78. The Bertz CT molecular complexity index is 1670. The average molecular weight is 916 g/mol. The second kappa shape index (κ2) is 26.3. The molecule has 2 rings (SSSR count). The highest BCUT2D eigenvalue weighted by Crippen LogP contribution is 2.26. The Labute approximate surface area is 367 Å². The van der Waals surface area contributed by atoms with Gasteiger partial charge in [-0.15, -0.1) is 0 Å². The third-order valence-electron chi connectivity index (χ3n) is 9.94. The lowest BCUT2D eigenvalue weighted by Gasteiger charge is -2.31. The van der Waals surface area contributed by atoms with Gasteiger partial charge in [-0.25, -0.2) is 0 Å². The Morgan fingerprint density at radius 3 is 2.06 bits per heavy atom. The van der Waals surface area contributed by atoms with Crippen molar-refractivity contribution < 1.29 is 57.8 Å². The zero-order valence-corrected chi connectivity index (χ0v) is 37.0. The number of amides is 11. The zero-order chi connectivity index (χ0) is 46.7. The lowest BCUT2D eigenvalue weighted by atomic mass is 9.97. The molecule has 0 saturated carbocycles. The van der Waals surface area contributed by atoms with E-state index in [0.29, 0.717) is 12.8 Å². The van der Waals surface area contributed by atoms with Crippen LogP contribution in [0.5, 0.6) is 0 Å². The van der Waals surface area contributed by atoms with Crippen molar-refractivity contribution in [1.29, 1.82) is 0 Å². The largest absolute Gasteiger partial charge is 0.394 e. The molecule has 0 aromatic rings. The third kappa shape index (κ3) is 17.7. The van der Waals surface area contributed by atoms with Crippen LogP contribution < -0.4 is 54.4 Å². The van der Waals surface area contributed by atoms with Gasteiger partial charge in [-0.2, -0.15) is 0 Å². The lowest BCUT2D eigenvalue weighted by Crippen LogP contribution is -2.61. The van der Waals surface area contributed by atoms with Crippen molar-refractivity contribution in [3.8, 4) is 0 Å². The summed E-state index contributed by atoms with van der Waals surface area (Å²) in [7, 11) is 2.18. The van der Waals surface area contributed by atoms with Crippen molar-refractivity contribution in [3.63, 3.8) is 0 Å². The summed E-state index contributed by atoms with van der Waals surface area (Å²) in [6.07, 6.45) is -0.640. The second-order valence-electron chi connectivity index (χ2n) is 15.5. The molecule has 2 heterocycles. The van der Waals surface area contributed by atoms with Crippen LogP contribution in [-0.2, 0) is 52.7 Å². The summed E-state index contributed by atoms with van der Waals surface area (Å²) >= 11 is 0. The first-order valence-electron chi connectivity index (χ1n) is 20.3. The van der Waals surface area contributed by atoms with Gasteiger partial charge in [0.25, 0.3) is 0 Å². The lowest BCUT2D eigenvalue weighted by molar-refractivity contribution is -0.142. The van der Waals surface area contributed by atoms with E-state index in [-0.39, 0.29) is 49.7 Å². The molecule has 23 nitrogen and oxygen atoms in total. The van der Waals surface area contributed by atoms with E-state index in [2.05, 4.69) is 37.2 Å². The molecule has 0 bridgehead atoms. The minimum Gasteiger partial charge on any atom is -0.394 e. The Morgan fingerprint density at radius 1 is 0.823 bits per heavy atom. The molecule has 0 spiro atoms. The maximum atomic E-state index is 14.3. The molecule has 62 heavy (non-hydrogen) atoms. The van der Waals surface area contributed by atoms with Gasteiger partial charge >= 0.3 is 0 Å². The topological polar surface area (TPSA) is 374 Å². The van der Waals surface area contributed by atoms with E-state index < -0.39 is 139 Å². The van der Waals surface area contributed by atoms with Gasteiger partial charge in [0.05, 0.1) is 19.6 Å². The van der Waals surface area contributed by atoms with E-state index in [1.165, 1.54) is 4.90 Å². The van der Waals surface area contributed by atoms with Crippen molar-refractivity contribution in [2.45, 2.75) is 121 Å². The fourth-order valence-corrected chi connectivity index (χ4v) is 8.59. The summed E-state index contributed by atoms with van der Waals surface area (Å²) in [5.41, 5.74) is 16.0. The molecule has 0 aliphatic carbocycles. The van der Waals surface area contributed by atoms with Crippen molar-refractivity contribution in [3.05, 3.63) is 0 Å². The number of nitrogens with zero attached hydrogens (tertiary/aromatic N) is 1. The van der Waals surface area contributed by atoms with Crippen molar-refractivity contribution in [2.24, 2.45) is 29.0 Å². The van der Waals surface area contributed by atoms with Crippen LogP contribution in [0.25, 0.3) is 0 Å². The van der Waals surface area contributed by atoms with Crippen LogP contribution in [-0.4, -0.2) is 148 Å². The predicted octanol–water partition coefficient (Wildman–Crippen LogP) is -4.50. The van der Waals surface area contributed by atoms with Gasteiger partial charge in [-0.1, -0.05) is 55.7 Å². The molecule has 2 aliphatic heterocycles. The van der Waals surface area contributed by atoms with E-state index in [1.54, 1.807) is 13.8 Å². The van der Waals surface area contributed by atoms with E-state index in [1.807, 2.05) is 13.8 Å². The summed E-state index contributed by atoms with van der Waals surface area (Å²) in [5.74, 6) is -9.91. The Morgan fingerprint density at radius 2 is 1.47 bits per heavy atom. The van der Waals surface area contributed by atoms with Crippen molar-refractivity contribution in [2.75, 3.05) is 31.2 Å². The predicted molar refractivity (Wildman–Crippen MR) is 226 cm³/mol. The normalized spacial score (nSPS) is 24.5. The average Bonchev–Trinajstić information content (AvgIpc) is 3.70. The molecule has 14 N–H and O–H groups in total. The summed E-state index contributed by atoms with van der Waals surface area (Å²) in [6, 6.07) is -9.63. The molecule has 2 saturated heterocycles. The number of nitrogens with one attached hydrogen (secondary N) is 7. The van der Waals surface area contributed by atoms with Crippen LogP contribution in [0.3, 0.4) is 0 Å². The molecule has 2 aliphatic rings. The number of carbonyl (C=O) groups is 11. The minimum atomic E-state index is -1.72. The highest BCUT2D eigenvalue weighted by atomic mass is 33.1. The van der Waals surface area contributed by atoms with Crippen molar-refractivity contribution >= 4 is 86.6 Å². The Hall–Kier alpha value is -5.17. The van der Waals surface area contributed by atoms with Crippen LogP contribution in [0.15, 0.2) is 0 Å². The van der Waals surface area contributed by atoms with Gasteiger partial charge in [-0.05, 0) is 37.5 Å². The highest BCUT2D eigenvalue weighted by Gasteiger charge is 2.40. The van der Waals surface area contributed by atoms with Crippen LogP contribution in [0, 0.1) is 11.8 Å². The molecule has 11 amide bonds. The van der Waals surface area contributed by atoms with Crippen LogP contribution in [0.2, 0.25) is 0 Å². The Kier molecular flexibility index (Phi) is 22.5. The number of hydrogen-bond acceptors (Lipinski definition) is 14. The van der Waals surface area contributed by atoms with Gasteiger partial charge in [-0.3, -0.25) is 52.7 Å². The van der Waals surface area contributed by atoms with Crippen LogP contribution >= 0.6 is 21.6 Å². The minimum absolute atomic E-state index is 0.0706. The number of aliphatic hydroxyl groups is 1. The number of aliphatic hydroxyl groups excluding tert-OH is 1. The van der Waals surface area contributed by atoms with Crippen LogP contribution in [0.1, 0.15) is 79.1 Å². The maximum absolute atomic E-state index is 14.3. The summed E-state index contributed by atoms with van der Waals surface area (Å²) in [5, 5.41) is 27.3. The Balaban J connectivity index is 2.53. The quantitative estimate of drug-likeness (QED) is 0.0651. The smallest absolute Gasteiger partial charge is 0.246 e. The van der Waals surface area contributed by atoms with E-state index >= 15 is 0 Å².